The van der Waals surface area contributed by atoms with Crippen molar-refractivity contribution in [1.82, 2.24) is 0 Å². The number of benzene rings is 2. The average Bonchev–Trinajstić information content (AvgIpc) is 3.18. The summed E-state index contributed by atoms with van der Waals surface area (Å²) >= 11 is 3.70. The Balaban J connectivity index is 1.56. The lowest BCUT2D eigenvalue weighted by atomic mass is 9.81. The number of halogens is 1. The fraction of sp³-hybridized carbons (Fsp3) is 0.435. The van der Waals surface area contributed by atoms with Crippen molar-refractivity contribution in [1.29, 1.82) is 0 Å². The molecule has 0 fully saturated rings. The lowest BCUT2D eigenvalue weighted by Gasteiger charge is -2.37. The summed E-state index contributed by atoms with van der Waals surface area (Å²) in [5.41, 5.74) is 2.31. The van der Waals surface area contributed by atoms with Crippen LogP contribution in [0.2, 0.25) is 0 Å². The van der Waals surface area contributed by atoms with Crippen LogP contribution >= 0.6 is 15.9 Å². The molecule has 158 valence electrons. The van der Waals surface area contributed by atoms with Gasteiger partial charge in [0.2, 0.25) is 0 Å². The summed E-state index contributed by atoms with van der Waals surface area (Å²) in [7, 11) is 3.15. The highest BCUT2D eigenvalue weighted by Crippen LogP contribution is 2.50. The number of fused-ring (bicyclic) bond motifs is 6. The van der Waals surface area contributed by atoms with Crippen molar-refractivity contribution in [2.24, 2.45) is 0 Å². The molecule has 0 N–H and O–H groups in total. The highest BCUT2D eigenvalue weighted by molar-refractivity contribution is 9.10. The smallest absolute Gasteiger partial charge is 0.178 e. The third-order valence-corrected chi connectivity index (χ3v) is 6.60. The van der Waals surface area contributed by atoms with Crippen LogP contribution in [0.3, 0.4) is 0 Å². The number of ether oxygens (including phenoxy) is 5. The zero-order valence-electron chi connectivity index (χ0n) is 17.3. The molecule has 30 heavy (non-hydrogen) atoms. The Morgan fingerprint density at radius 2 is 1.80 bits per heavy atom. The van der Waals surface area contributed by atoms with Crippen LogP contribution in [0, 0.1) is 0 Å². The van der Waals surface area contributed by atoms with Crippen LogP contribution in [0.1, 0.15) is 41.3 Å². The Kier molecular flexibility index (Phi) is 4.43. The highest BCUT2D eigenvalue weighted by Gasteiger charge is 2.46. The summed E-state index contributed by atoms with van der Waals surface area (Å²) in [6.07, 6.45) is 0.248. The van der Waals surface area contributed by atoms with E-state index in [1.54, 1.807) is 20.3 Å². The van der Waals surface area contributed by atoms with Gasteiger partial charge in [0.25, 0.3) is 0 Å². The van der Waals surface area contributed by atoms with Gasteiger partial charge in [-0.1, -0.05) is 15.9 Å². The van der Waals surface area contributed by atoms with E-state index in [-0.39, 0.29) is 22.8 Å². The van der Waals surface area contributed by atoms with Crippen LogP contribution in [0.5, 0.6) is 28.7 Å². The Morgan fingerprint density at radius 3 is 2.50 bits per heavy atom. The van der Waals surface area contributed by atoms with E-state index >= 15 is 0 Å². The summed E-state index contributed by atoms with van der Waals surface area (Å²) in [5, 5.41) is 0. The van der Waals surface area contributed by atoms with Gasteiger partial charge >= 0.3 is 0 Å². The fourth-order valence-electron chi connectivity index (χ4n) is 4.45. The second kappa shape index (κ2) is 6.80. The maximum absolute atomic E-state index is 13.6. The number of hydrogen-bond donors (Lipinski definition) is 0. The summed E-state index contributed by atoms with van der Waals surface area (Å²) < 4.78 is 29.1. The SMILES string of the molecule is COc1cc2c(cc1OC)[C@@H]1C(=O)c3ccc4c(c3O[C@@H]1CO2)C[C@H](C(C)(C)Br)O4. The molecule has 3 aliphatic rings. The largest absolute Gasteiger partial charge is 0.493 e. The van der Waals surface area contributed by atoms with Crippen molar-refractivity contribution in [3.63, 3.8) is 0 Å². The molecule has 0 amide bonds. The van der Waals surface area contributed by atoms with Gasteiger partial charge in [-0.05, 0) is 32.0 Å². The Morgan fingerprint density at radius 1 is 1.07 bits per heavy atom. The minimum Gasteiger partial charge on any atom is -0.493 e. The van der Waals surface area contributed by atoms with E-state index in [2.05, 4.69) is 29.8 Å². The molecule has 0 aromatic heterocycles. The standard InChI is InChI=1S/C23H23BrO6/c1-23(2,24)19-8-13-14(29-19)6-5-11-21(25)20-12-7-16(26-3)17(27-4)9-15(12)28-10-18(20)30-22(11)13/h5-7,9,18-20H,8,10H2,1-4H3/t18-,19-,20+/m1/s1. The van der Waals surface area contributed by atoms with E-state index in [1.807, 2.05) is 18.2 Å². The number of carbonyl (C=O) groups excluding carboxylic acids is 1. The van der Waals surface area contributed by atoms with Crippen molar-refractivity contribution in [2.45, 2.75) is 42.7 Å². The molecular formula is C23H23BrO6. The van der Waals surface area contributed by atoms with Crippen molar-refractivity contribution in [2.75, 3.05) is 20.8 Å². The fourth-order valence-corrected chi connectivity index (χ4v) is 4.70. The number of rotatable bonds is 3. The van der Waals surface area contributed by atoms with E-state index < -0.39 is 12.0 Å². The van der Waals surface area contributed by atoms with E-state index in [0.717, 1.165) is 16.9 Å². The van der Waals surface area contributed by atoms with E-state index in [9.17, 15) is 4.79 Å². The third-order valence-electron chi connectivity index (χ3n) is 6.08. The Hall–Kier alpha value is -2.41. The summed E-state index contributed by atoms with van der Waals surface area (Å²) in [5.74, 6) is 2.74. The average molecular weight is 475 g/mol. The van der Waals surface area contributed by atoms with Crippen LogP contribution in [-0.4, -0.2) is 43.1 Å². The van der Waals surface area contributed by atoms with Gasteiger partial charge in [-0.2, -0.15) is 0 Å². The summed E-state index contributed by atoms with van der Waals surface area (Å²) in [6, 6.07) is 7.28. The summed E-state index contributed by atoms with van der Waals surface area (Å²) in [6.45, 7) is 4.44. The lowest BCUT2D eigenvalue weighted by Crippen LogP contribution is -2.43. The van der Waals surface area contributed by atoms with Crippen LogP contribution in [0.15, 0.2) is 24.3 Å². The first-order valence-corrected chi connectivity index (χ1v) is 10.7. The van der Waals surface area contributed by atoms with Crippen LogP contribution in [0.25, 0.3) is 0 Å². The molecule has 0 saturated heterocycles. The molecule has 0 radical (unpaired) electrons. The molecule has 0 unspecified atom stereocenters. The molecule has 3 heterocycles. The van der Waals surface area contributed by atoms with Crippen LogP contribution in [0.4, 0.5) is 0 Å². The van der Waals surface area contributed by atoms with Gasteiger partial charge in [-0.15, -0.1) is 0 Å². The quantitative estimate of drug-likeness (QED) is 0.617. The molecule has 0 saturated carbocycles. The lowest BCUT2D eigenvalue weighted by molar-refractivity contribution is 0.0554. The number of alkyl halides is 1. The molecule has 6 nitrogen and oxygen atoms in total. The number of carbonyl (C=O) groups is 1. The zero-order chi connectivity index (χ0) is 21.2. The molecule has 3 aliphatic heterocycles. The number of ketones is 1. The molecule has 2 aromatic carbocycles. The van der Waals surface area contributed by atoms with Crippen LogP contribution in [-0.2, 0) is 6.42 Å². The van der Waals surface area contributed by atoms with Crippen molar-refractivity contribution in [3.05, 3.63) is 41.0 Å². The molecule has 0 bridgehead atoms. The first-order valence-electron chi connectivity index (χ1n) is 9.93. The normalized spacial score (nSPS) is 23.8. The van der Waals surface area contributed by atoms with Gasteiger partial charge in [-0.3, -0.25) is 4.79 Å². The zero-order valence-corrected chi connectivity index (χ0v) is 18.9. The molecule has 3 atom stereocenters. The second-order valence-corrected chi connectivity index (χ2v) is 10.4. The van der Waals surface area contributed by atoms with Crippen molar-refractivity contribution in [3.8, 4) is 28.7 Å². The van der Waals surface area contributed by atoms with Gasteiger partial charge in [-0.25, -0.2) is 0 Å². The predicted octanol–water partition coefficient (Wildman–Crippen LogP) is 4.30. The number of Topliss-reactive ketones (excluding diaryl/α,β-unsaturated/α-hetero) is 1. The highest BCUT2D eigenvalue weighted by atomic mass is 79.9. The maximum Gasteiger partial charge on any atom is 0.178 e. The first-order chi connectivity index (χ1) is 14.3. The van der Waals surface area contributed by atoms with Crippen LogP contribution < -0.4 is 23.7 Å². The minimum absolute atomic E-state index is 0.0300. The van der Waals surface area contributed by atoms with Crippen molar-refractivity contribution < 1.29 is 28.5 Å². The van der Waals surface area contributed by atoms with Gasteiger partial charge < -0.3 is 23.7 Å². The van der Waals surface area contributed by atoms with Gasteiger partial charge in [0.15, 0.2) is 17.3 Å². The maximum atomic E-state index is 13.6. The molecule has 2 aromatic rings. The Bertz CT molecular complexity index is 1040. The topological polar surface area (TPSA) is 63.2 Å². The summed E-state index contributed by atoms with van der Waals surface area (Å²) in [4.78, 5) is 13.6. The van der Waals surface area contributed by atoms with E-state index in [4.69, 9.17) is 23.7 Å². The monoisotopic (exact) mass is 474 g/mol. The molecule has 0 aliphatic carbocycles. The van der Waals surface area contributed by atoms with Gasteiger partial charge in [0.1, 0.15) is 36.1 Å². The molecule has 7 heteroatoms. The molecule has 0 spiro atoms. The number of methoxy groups -OCH3 is 2. The second-order valence-electron chi connectivity index (χ2n) is 8.35. The number of hydrogen-bond acceptors (Lipinski definition) is 6. The Labute approximate surface area is 183 Å². The van der Waals surface area contributed by atoms with Crippen molar-refractivity contribution >= 4 is 21.7 Å². The predicted molar refractivity (Wildman–Crippen MR) is 114 cm³/mol. The van der Waals surface area contributed by atoms with Gasteiger partial charge in [0, 0.05) is 23.6 Å². The van der Waals surface area contributed by atoms with Gasteiger partial charge in [0.05, 0.1) is 30.0 Å². The van der Waals surface area contributed by atoms with E-state index in [1.165, 1.54) is 0 Å². The van der Waals surface area contributed by atoms with E-state index in [0.29, 0.717) is 35.0 Å². The first kappa shape index (κ1) is 19.5. The molecule has 5 rings (SSSR count). The molecular weight excluding hydrogens is 452 g/mol. The minimum atomic E-state index is -0.454. The third kappa shape index (κ3) is 2.86.